The van der Waals surface area contributed by atoms with Crippen LogP contribution < -0.4 is 9.80 Å². The summed E-state index contributed by atoms with van der Waals surface area (Å²) in [5.41, 5.74) is 0.0323. The van der Waals surface area contributed by atoms with E-state index >= 15 is 0 Å². The standard InChI is InChI=1S/C18H27N3O4/c1-13-7-8-14(19(4)5)15(9-13)21(12-22)11-18(17(2,3)24)10-20(6)16(23)25-18/h7-9,12,24H,10-11H2,1-6H3. The lowest BCUT2D eigenvalue weighted by Gasteiger charge is -2.40. The van der Waals surface area contributed by atoms with Crippen LogP contribution in [0.15, 0.2) is 18.2 Å². The van der Waals surface area contributed by atoms with E-state index in [4.69, 9.17) is 4.74 Å². The zero-order valence-electron chi connectivity index (χ0n) is 15.7. The molecule has 0 spiro atoms. The Hall–Kier alpha value is -2.28. The fraction of sp³-hybridized carbons (Fsp3) is 0.556. The second-order valence-electron chi connectivity index (χ2n) is 7.40. The Bertz CT molecular complexity index is 669. The molecule has 2 rings (SSSR count). The SMILES string of the molecule is Cc1ccc(N(C)C)c(N(C=O)CC2(C(C)(C)O)CN(C)C(=O)O2)c1. The van der Waals surface area contributed by atoms with Gasteiger partial charge < -0.3 is 24.5 Å². The summed E-state index contributed by atoms with van der Waals surface area (Å²) in [6.45, 7) is 5.38. The predicted molar refractivity (Wildman–Crippen MR) is 97.1 cm³/mol. The molecule has 1 fully saturated rings. The summed E-state index contributed by atoms with van der Waals surface area (Å²) in [6.07, 6.45) is 0.201. The summed E-state index contributed by atoms with van der Waals surface area (Å²) in [7, 11) is 5.40. The first-order valence-electron chi connectivity index (χ1n) is 8.17. The van der Waals surface area contributed by atoms with Gasteiger partial charge >= 0.3 is 6.09 Å². The number of aliphatic hydroxyl groups is 1. The first kappa shape index (κ1) is 19.1. The molecule has 0 bridgehead atoms. The fourth-order valence-corrected chi connectivity index (χ4v) is 3.02. The molecule has 0 saturated carbocycles. The van der Waals surface area contributed by atoms with Gasteiger partial charge in [0.2, 0.25) is 6.41 Å². The van der Waals surface area contributed by atoms with Gasteiger partial charge in [-0.2, -0.15) is 0 Å². The third-order valence-electron chi connectivity index (χ3n) is 4.68. The van der Waals surface area contributed by atoms with E-state index in [-0.39, 0.29) is 13.1 Å². The molecule has 0 aromatic heterocycles. The number of aryl methyl sites for hydroxylation is 1. The monoisotopic (exact) mass is 349 g/mol. The van der Waals surface area contributed by atoms with Gasteiger partial charge in [0.1, 0.15) is 5.60 Å². The maximum atomic E-state index is 11.9. The van der Waals surface area contributed by atoms with E-state index in [0.717, 1.165) is 11.3 Å². The van der Waals surface area contributed by atoms with E-state index in [1.165, 1.54) is 9.80 Å². The molecular weight excluding hydrogens is 322 g/mol. The lowest BCUT2D eigenvalue weighted by atomic mass is 9.85. The highest BCUT2D eigenvalue weighted by molar-refractivity contribution is 5.85. The van der Waals surface area contributed by atoms with Crippen molar-refractivity contribution in [1.29, 1.82) is 0 Å². The second-order valence-corrected chi connectivity index (χ2v) is 7.40. The lowest BCUT2D eigenvalue weighted by molar-refractivity contribution is -0.115. The van der Waals surface area contributed by atoms with Crippen LogP contribution in [-0.4, -0.2) is 67.9 Å². The molecule has 1 aromatic carbocycles. The number of benzene rings is 1. The van der Waals surface area contributed by atoms with Crippen molar-refractivity contribution in [3.63, 3.8) is 0 Å². The molecule has 0 aliphatic carbocycles. The summed E-state index contributed by atoms with van der Waals surface area (Å²) in [5.74, 6) is 0. The molecule has 0 radical (unpaired) electrons. The average Bonchev–Trinajstić information content (AvgIpc) is 2.80. The number of anilines is 2. The van der Waals surface area contributed by atoms with Gasteiger partial charge in [0.05, 0.1) is 24.5 Å². The molecule has 1 unspecified atom stereocenters. The first-order valence-corrected chi connectivity index (χ1v) is 8.17. The van der Waals surface area contributed by atoms with Crippen LogP contribution in [0.2, 0.25) is 0 Å². The van der Waals surface area contributed by atoms with Gasteiger partial charge in [0, 0.05) is 21.1 Å². The smallest absolute Gasteiger partial charge is 0.410 e. The largest absolute Gasteiger partial charge is 0.436 e. The predicted octanol–water partition coefficient (Wildman–Crippen LogP) is 1.62. The van der Waals surface area contributed by atoms with E-state index in [2.05, 4.69) is 0 Å². The maximum Gasteiger partial charge on any atom is 0.410 e. The number of cyclic esters (lactones) is 1. The Morgan fingerprint density at radius 2 is 2.00 bits per heavy atom. The Balaban J connectivity index is 2.46. The number of ether oxygens (including phenoxy) is 1. The third kappa shape index (κ3) is 3.56. The molecule has 2 amide bonds. The molecule has 1 saturated heterocycles. The molecule has 138 valence electrons. The van der Waals surface area contributed by atoms with Gasteiger partial charge in [-0.15, -0.1) is 0 Å². The van der Waals surface area contributed by atoms with Gasteiger partial charge in [-0.05, 0) is 38.5 Å². The van der Waals surface area contributed by atoms with Crippen LogP contribution in [0.5, 0.6) is 0 Å². The van der Waals surface area contributed by atoms with Gasteiger partial charge in [-0.1, -0.05) is 6.07 Å². The molecule has 1 aromatic rings. The van der Waals surface area contributed by atoms with Crippen molar-refractivity contribution in [2.45, 2.75) is 32.0 Å². The lowest BCUT2D eigenvalue weighted by Crippen LogP contribution is -2.59. The Morgan fingerprint density at radius 3 is 2.44 bits per heavy atom. The summed E-state index contributed by atoms with van der Waals surface area (Å²) >= 11 is 0. The van der Waals surface area contributed by atoms with E-state index in [0.29, 0.717) is 12.1 Å². The van der Waals surface area contributed by atoms with Crippen molar-refractivity contribution >= 4 is 23.9 Å². The minimum Gasteiger partial charge on any atom is -0.436 e. The van der Waals surface area contributed by atoms with Crippen molar-refractivity contribution in [3.8, 4) is 0 Å². The number of nitrogens with zero attached hydrogens (tertiary/aromatic N) is 3. The zero-order chi connectivity index (χ0) is 19.0. The zero-order valence-corrected chi connectivity index (χ0v) is 15.7. The highest BCUT2D eigenvalue weighted by Crippen LogP contribution is 2.36. The Morgan fingerprint density at radius 1 is 1.36 bits per heavy atom. The van der Waals surface area contributed by atoms with Crippen LogP contribution >= 0.6 is 0 Å². The van der Waals surface area contributed by atoms with Crippen LogP contribution in [0.4, 0.5) is 16.2 Å². The molecular formula is C18H27N3O4. The van der Waals surface area contributed by atoms with Crippen molar-refractivity contribution in [2.75, 3.05) is 44.0 Å². The van der Waals surface area contributed by atoms with Crippen LogP contribution in [-0.2, 0) is 9.53 Å². The Labute approximate surface area is 148 Å². The maximum absolute atomic E-state index is 11.9. The topological polar surface area (TPSA) is 73.3 Å². The minimum atomic E-state index is -1.32. The summed E-state index contributed by atoms with van der Waals surface area (Å²) in [4.78, 5) is 28.6. The van der Waals surface area contributed by atoms with Gasteiger partial charge in [-0.25, -0.2) is 4.79 Å². The molecule has 7 heteroatoms. The van der Waals surface area contributed by atoms with Crippen LogP contribution in [0, 0.1) is 6.92 Å². The molecule has 1 N–H and O–H groups in total. The number of hydrogen-bond acceptors (Lipinski definition) is 5. The second kappa shape index (κ2) is 6.55. The van der Waals surface area contributed by atoms with Crippen molar-refractivity contribution in [2.24, 2.45) is 0 Å². The van der Waals surface area contributed by atoms with E-state index in [1.54, 1.807) is 20.9 Å². The van der Waals surface area contributed by atoms with Gasteiger partial charge in [0.15, 0.2) is 5.60 Å². The third-order valence-corrected chi connectivity index (χ3v) is 4.68. The number of carbonyl (C=O) groups excluding carboxylic acids is 2. The minimum absolute atomic E-state index is 0.0559. The first-order chi connectivity index (χ1) is 11.5. The van der Waals surface area contributed by atoms with Crippen LogP contribution in [0.1, 0.15) is 19.4 Å². The number of hydrogen-bond donors (Lipinski definition) is 1. The van der Waals surface area contributed by atoms with E-state index in [1.807, 2.05) is 44.1 Å². The summed E-state index contributed by atoms with van der Waals surface area (Å²) < 4.78 is 5.53. The van der Waals surface area contributed by atoms with Crippen LogP contribution in [0.25, 0.3) is 0 Å². The fourth-order valence-electron chi connectivity index (χ4n) is 3.02. The van der Waals surface area contributed by atoms with Crippen molar-refractivity contribution < 1.29 is 19.4 Å². The molecule has 7 nitrogen and oxygen atoms in total. The summed E-state index contributed by atoms with van der Waals surface area (Å²) in [5, 5.41) is 10.7. The number of rotatable bonds is 6. The number of carbonyl (C=O) groups is 2. The summed E-state index contributed by atoms with van der Waals surface area (Å²) in [6, 6.07) is 5.81. The van der Waals surface area contributed by atoms with E-state index in [9.17, 15) is 14.7 Å². The van der Waals surface area contributed by atoms with Crippen LogP contribution in [0.3, 0.4) is 0 Å². The number of amides is 2. The molecule has 1 heterocycles. The molecule has 1 aliphatic heterocycles. The number of likely N-dealkylation sites (N-methyl/N-ethyl adjacent to an activating group) is 1. The quantitative estimate of drug-likeness (QED) is 0.790. The van der Waals surface area contributed by atoms with E-state index < -0.39 is 17.3 Å². The Kier molecular flexibility index (Phi) is 4.99. The molecule has 25 heavy (non-hydrogen) atoms. The molecule has 1 atom stereocenters. The normalized spacial score (nSPS) is 20.4. The van der Waals surface area contributed by atoms with Crippen molar-refractivity contribution in [1.82, 2.24) is 4.90 Å². The molecule has 1 aliphatic rings. The highest BCUT2D eigenvalue weighted by Gasteiger charge is 2.55. The van der Waals surface area contributed by atoms with Gasteiger partial charge in [-0.3, -0.25) is 4.79 Å². The van der Waals surface area contributed by atoms with Gasteiger partial charge in [0.25, 0.3) is 0 Å². The average molecular weight is 349 g/mol. The van der Waals surface area contributed by atoms with Crippen molar-refractivity contribution in [3.05, 3.63) is 23.8 Å². The highest BCUT2D eigenvalue weighted by atomic mass is 16.6.